The lowest BCUT2D eigenvalue weighted by molar-refractivity contribution is 0.457. The first-order valence-electron chi connectivity index (χ1n) is 6.59. The first-order valence-corrected chi connectivity index (χ1v) is 6.59. The fraction of sp³-hybridized carbons (Fsp3) is 0.357. The number of aromatic nitrogens is 1. The van der Waals surface area contributed by atoms with E-state index in [1.807, 2.05) is 12.3 Å². The summed E-state index contributed by atoms with van der Waals surface area (Å²) < 4.78 is 0. The molecular weight excluding hydrogens is 238 g/mol. The molecule has 1 fully saturated rings. The maximum Gasteiger partial charge on any atom is 0.141 e. The van der Waals surface area contributed by atoms with E-state index in [1.165, 1.54) is 10.6 Å². The third kappa shape index (κ3) is 2.06. The van der Waals surface area contributed by atoms with E-state index in [4.69, 9.17) is 11.6 Å². The number of hydrogen-bond acceptors (Lipinski definition) is 4. The van der Waals surface area contributed by atoms with Crippen LogP contribution in [0, 0.1) is 5.92 Å². The topological polar surface area (TPSA) is 83.4 Å². The van der Waals surface area contributed by atoms with Crippen molar-refractivity contribution in [1.29, 1.82) is 0 Å². The van der Waals surface area contributed by atoms with E-state index < -0.39 is 0 Å². The summed E-state index contributed by atoms with van der Waals surface area (Å²) >= 11 is 0. The van der Waals surface area contributed by atoms with Crippen LogP contribution in [0.15, 0.2) is 35.1 Å². The molecule has 19 heavy (non-hydrogen) atoms. The van der Waals surface area contributed by atoms with Gasteiger partial charge in [0.25, 0.3) is 0 Å². The summed E-state index contributed by atoms with van der Waals surface area (Å²) in [7, 11) is 0. The Bertz CT molecular complexity index is 556. The fourth-order valence-electron chi connectivity index (χ4n) is 2.81. The first-order chi connectivity index (χ1) is 9.16. The predicted octanol–water partition coefficient (Wildman–Crippen LogP) is 2.24. The summed E-state index contributed by atoms with van der Waals surface area (Å²) in [4.78, 5) is 7.33. The van der Waals surface area contributed by atoms with Crippen LogP contribution in [0.25, 0.3) is 5.70 Å². The van der Waals surface area contributed by atoms with Crippen LogP contribution in [0.2, 0.25) is 0 Å². The van der Waals surface area contributed by atoms with Gasteiger partial charge in [0.15, 0.2) is 0 Å². The van der Waals surface area contributed by atoms with Crippen molar-refractivity contribution in [3.05, 3.63) is 35.7 Å². The lowest BCUT2D eigenvalue weighted by Crippen LogP contribution is -2.33. The molecule has 0 aromatic carbocycles. The minimum atomic E-state index is 0.376. The molecule has 100 valence electrons. The Hall–Kier alpha value is -2.01. The summed E-state index contributed by atoms with van der Waals surface area (Å²) in [6.07, 6.45) is 7.67. The van der Waals surface area contributed by atoms with Crippen LogP contribution in [0.5, 0.6) is 0 Å². The van der Waals surface area contributed by atoms with Crippen molar-refractivity contribution in [3.63, 3.8) is 0 Å². The van der Waals surface area contributed by atoms with Gasteiger partial charge in [-0.05, 0) is 31.7 Å². The number of hydrogen-bond donors (Lipinski definition) is 3. The Morgan fingerprint density at radius 1 is 1.42 bits per heavy atom. The van der Waals surface area contributed by atoms with E-state index in [0.29, 0.717) is 5.92 Å². The van der Waals surface area contributed by atoms with Crippen molar-refractivity contribution >= 4 is 17.9 Å². The Balaban J connectivity index is 1.97. The molecule has 2 heterocycles. The number of aliphatic imine (C=N–C) groups is 1. The van der Waals surface area contributed by atoms with Crippen LogP contribution in [0.4, 0.5) is 5.82 Å². The van der Waals surface area contributed by atoms with Crippen LogP contribution in [0.3, 0.4) is 0 Å². The highest BCUT2D eigenvalue weighted by Gasteiger charge is 2.26. The van der Waals surface area contributed by atoms with Gasteiger partial charge in [0.05, 0.1) is 5.70 Å². The predicted molar refractivity (Wildman–Crippen MR) is 77.2 cm³/mol. The first kappa shape index (κ1) is 12.0. The van der Waals surface area contributed by atoms with Gasteiger partial charge in [0.2, 0.25) is 0 Å². The molecule has 0 radical (unpaired) electrons. The molecule has 5 nitrogen and oxygen atoms in total. The molecule has 1 aromatic rings. The second-order valence-corrected chi connectivity index (χ2v) is 5.22. The van der Waals surface area contributed by atoms with Gasteiger partial charge >= 0.3 is 0 Å². The third-order valence-electron chi connectivity index (χ3n) is 3.96. The van der Waals surface area contributed by atoms with Crippen molar-refractivity contribution in [2.75, 3.05) is 0 Å². The quantitative estimate of drug-likeness (QED) is 0.533. The molecule has 1 saturated carbocycles. The second-order valence-electron chi connectivity index (χ2n) is 5.22. The molecular formula is C14H19N5. The maximum absolute atomic E-state index is 6.39. The zero-order chi connectivity index (χ0) is 13.4. The molecule has 0 bridgehead atoms. The van der Waals surface area contributed by atoms with E-state index in [0.717, 1.165) is 48.5 Å². The van der Waals surface area contributed by atoms with Crippen molar-refractivity contribution < 1.29 is 0 Å². The Labute approximate surface area is 112 Å². The third-order valence-corrected chi connectivity index (χ3v) is 3.96. The number of nitrogens with two attached hydrogens (primary N) is 2. The average molecular weight is 257 g/mol. The smallest absolute Gasteiger partial charge is 0.141 e. The fourth-order valence-corrected chi connectivity index (χ4v) is 2.81. The average Bonchev–Trinajstić information content (AvgIpc) is 2.87. The molecule has 1 aromatic heterocycles. The molecule has 2 aliphatic rings. The van der Waals surface area contributed by atoms with Crippen LogP contribution in [0.1, 0.15) is 31.2 Å². The minimum absolute atomic E-state index is 0.376. The molecule has 3 rings (SSSR count). The normalized spacial score (nSPS) is 22.6. The highest BCUT2D eigenvalue weighted by Crippen LogP contribution is 2.37. The summed E-state index contributed by atoms with van der Waals surface area (Å²) in [5.41, 5.74) is 10.4. The molecule has 0 spiro atoms. The van der Waals surface area contributed by atoms with Crippen molar-refractivity contribution in [2.45, 2.75) is 25.7 Å². The number of nitrogens with zero attached hydrogens (tertiary/aromatic N) is 2. The standard InChI is InChI=1S/C14H19N5/c1-9-2-4-10(5-3-9)12(15)13-11-6-7-17-14(11)18-8-19(13)16/h6-8,10,17H,1-5,15-16H2/b13-12-. The maximum atomic E-state index is 6.39. The van der Waals surface area contributed by atoms with Crippen LogP contribution >= 0.6 is 0 Å². The molecule has 0 amide bonds. The van der Waals surface area contributed by atoms with E-state index in [1.54, 1.807) is 6.34 Å². The van der Waals surface area contributed by atoms with Crippen molar-refractivity contribution in [3.8, 4) is 0 Å². The van der Waals surface area contributed by atoms with Crippen LogP contribution < -0.4 is 11.6 Å². The largest absolute Gasteiger partial charge is 0.400 e. The number of hydrazine groups is 1. The molecule has 0 unspecified atom stereocenters. The molecule has 1 aliphatic carbocycles. The van der Waals surface area contributed by atoms with Crippen molar-refractivity contribution in [1.82, 2.24) is 9.99 Å². The zero-order valence-corrected chi connectivity index (χ0v) is 10.9. The Morgan fingerprint density at radius 2 is 2.16 bits per heavy atom. The van der Waals surface area contributed by atoms with E-state index >= 15 is 0 Å². The molecule has 5 N–H and O–H groups in total. The van der Waals surface area contributed by atoms with Gasteiger partial charge in [0.1, 0.15) is 12.2 Å². The Morgan fingerprint density at radius 3 is 2.89 bits per heavy atom. The molecule has 1 aliphatic heterocycles. The van der Waals surface area contributed by atoms with Crippen molar-refractivity contribution in [2.24, 2.45) is 22.5 Å². The van der Waals surface area contributed by atoms with Crippen LogP contribution in [-0.2, 0) is 0 Å². The Kier molecular flexibility index (Phi) is 2.91. The van der Waals surface area contributed by atoms with E-state index in [2.05, 4.69) is 16.6 Å². The SMILES string of the molecule is C=C1CCC(/C(N)=C2\c3cc[nH]c3N=CN2N)CC1. The van der Waals surface area contributed by atoms with E-state index in [-0.39, 0.29) is 0 Å². The minimum Gasteiger partial charge on any atom is -0.400 e. The number of rotatable bonds is 1. The van der Waals surface area contributed by atoms with Crippen LogP contribution in [-0.4, -0.2) is 16.3 Å². The lowest BCUT2D eigenvalue weighted by Gasteiger charge is -2.29. The lowest BCUT2D eigenvalue weighted by atomic mass is 9.83. The van der Waals surface area contributed by atoms with Gasteiger partial charge in [-0.2, -0.15) is 0 Å². The van der Waals surface area contributed by atoms with Gasteiger partial charge in [-0.15, -0.1) is 0 Å². The second kappa shape index (κ2) is 4.59. The number of allylic oxidation sites excluding steroid dienone is 2. The number of nitrogens with one attached hydrogen (secondary N) is 1. The van der Waals surface area contributed by atoms with E-state index in [9.17, 15) is 0 Å². The summed E-state index contributed by atoms with van der Waals surface area (Å²) in [6.45, 7) is 4.04. The van der Waals surface area contributed by atoms with Gasteiger partial charge in [-0.25, -0.2) is 10.8 Å². The van der Waals surface area contributed by atoms with Gasteiger partial charge in [0, 0.05) is 23.4 Å². The molecule has 0 saturated heterocycles. The van der Waals surface area contributed by atoms with Gasteiger partial charge < -0.3 is 10.7 Å². The zero-order valence-electron chi connectivity index (χ0n) is 10.9. The number of fused-ring (bicyclic) bond motifs is 1. The summed E-state index contributed by atoms with van der Waals surface area (Å²) in [5.74, 6) is 7.20. The highest BCUT2D eigenvalue weighted by atomic mass is 15.4. The highest BCUT2D eigenvalue weighted by molar-refractivity contribution is 5.86. The monoisotopic (exact) mass is 257 g/mol. The number of aromatic amines is 1. The van der Waals surface area contributed by atoms with Gasteiger partial charge in [-0.3, -0.25) is 5.01 Å². The summed E-state index contributed by atoms with van der Waals surface area (Å²) in [5, 5.41) is 1.52. The number of H-pyrrole nitrogens is 1. The molecule has 0 atom stereocenters. The summed E-state index contributed by atoms with van der Waals surface area (Å²) in [6, 6.07) is 1.97. The van der Waals surface area contributed by atoms with Gasteiger partial charge in [-0.1, -0.05) is 12.2 Å². The molecule has 5 heteroatoms.